The third kappa shape index (κ3) is 5.43. The van der Waals surface area contributed by atoms with E-state index < -0.39 is 38.0 Å². The van der Waals surface area contributed by atoms with Crippen molar-refractivity contribution >= 4 is 32.7 Å². The molecule has 0 aromatic heterocycles. The number of sulfone groups is 1. The van der Waals surface area contributed by atoms with E-state index in [-0.39, 0.29) is 5.75 Å². The van der Waals surface area contributed by atoms with Crippen LogP contribution in [0.5, 0.6) is 0 Å². The average molecular weight is 345 g/mol. The van der Waals surface area contributed by atoms with Gasteiger partial charge < -0.3 is 10.5 Å². The van der Waals surface area contributed by atoms with Crippen molar-refractivity contribution in [1.82, 2.24) is 0 Å². The Morgan fingerprint density at radius 3 is 2.41 bits per heavy atom. The van der Waals surface area contributed by atoms with Crippen LogP contribution in [-0.4, -0.2) is 44.2 Å². The number of methoxy groups -OCH3 is 1. The van der Waals surface area contributed by atoms with Gasteiger partial charge in [0.15, 0.2) is 9.84 Å². The molecule has 0 saturated heterocycles. The molecule has 0 heterocycles. The van der Waals surface area contributed by atoms with Gasteiger partial charge in [0.2, 0.25) is 5.12 Å². The second-order valence-electron chi connectivity index (χ2n) is 4.67. The van der Waals surface area contributed by atoms with Gasteiger partial charge in [-0.3, -0.25) is 9.59 Å². The smallest absolute Gasteiger partial charge is 0.323 e. The molecular weight excluding hydrogens is 326 g/mol. The Bertz CT molecular complexity index is 615. The minimum Gasteiger partial charge on any atom is -0.468 e. The number of esters is 1. The molecule has 2 unspecified atom stereocenters. The molecule has 0 amide bonds. The number of hydrogen-bond acceptors (Lipinski definition) is 7. The summed E-state index contributed by atoms with van der Waals surface area (Å²) in [4.78, 5) is 22.9. The highest BCUT2D eigenvalue weighted by Crippen LogP contribution is 2.23. The summed E-state index contributed by atoms with van der Waals surface area (Å²) in [6, 6.07) is 7.73. The number of thioether (sulfide) groups is 1. The van der Waals surface area contributed by atoms with Gasteiger partial charge in [-0.1, -0.05) is 42.1 Å². The zero-order chi connectivity index (χ0) is 16.8. The fourth-order valence-corrected chi connectivity index (χ4v) is 4.14. The maximum absolute atomic E-state index is 12.2. The van der Waals surface area contributed by atoms with Crippen LogP contribution < -0.4 is 5.73 Å². The van der Waals surface area contributed by atoms with Gasteiger partial charge in [0.05, 0.1) is 12.4 Å². The predicted molar refractivity (Wildman–Crippen MR) is 86.1 cm³/mol. The number of rotatable bonds is 7. The van der Waals surface area contributed by atoms with E-state index in [9.17, 15) is 18.0 Å². The van der Waals surface area contributed by atoms with Crippen LogP contribution >= 0.6 is 11.8 Å². The Morgan fingerprint density at radius 1 is 1.27 bits per heavy atom. The second kappa shape index (κ2) is 8.30. The third-order valence-electron chi connectivity index (χ3n) is 3.05. The Kier molecular flexibility index (Phi) is 7.05. The van der Waals surface area contributed by atoms with E-state index in [2.05, 4.69) is 4.74 Å². The molecule has 0 spiro atoms. The fourth-order valence-electron chi connectivity index (χ4n) is 1.66. The molecule has 1 aromatic carbocycles. The molecule has 1 aromatic rings. The van der Waals surface area contributed by atoms with Crippen LogP contribution in [0.1, 0.15) is 17.7 Å². The maximum atomic E-state index is 12.2. The molecule has 2 N–H and O–H groups in total. The molecule has 0 aliphatic heterocycles. The van der Waals surface area contributed by atoms with Crippen LogP contribution in [0, 0.1) is 0 Å². The van der Waals surface area contributed by atoms with Gasteiger partial charge in [-0.05, 0) is 12.5 Å². The Balaban J connectivity index is 2.61. The summed E-state index contributed by atoms with van der Waals surface area (Å²) >= 11 is 0.724. The quantitative estimate of drug-likeness (QED) is 0.733. The van der Waals surface area contributed by atoms with Gasteiger partial charge in [-0.15, -0.1) is 0 Å². The van der Waals surface area contributed by atoms with E-state index in [1.165, 1.54) is 7.11 Å². The molecule has 6 nitrogen and oxygen atoms in total. The number of benzene rings is 1. The summed E-state index contributed by atoms with van der Waals surface area (Å²) in [5, 5.41) is -1.31. The first-order chi connectivity index (χ1) is 10.3. The van der Waals surface area contributed by atoms with Gasteiger partial charge >= 0.3 is 5.97 Å². The van der Waals surface area contributed by atoms with Crippen molar-refractivity contribution in [2.75, 3.05) is 18.6 Å². The maximum Gasteiger partial charge on any atom is 0.323 e. The van der Waals surface area contributed by atoms with Crippen molar-refractivity contribution in [3.63, 3.8) is 0 Å². The molecule has 8 heteroatoms. The summed E-state index contributed by atoms with van der Waals surface area (Å²) < 4.78 is 28.9. The van der Waals surface area contributed by atoms with E-state index in [4.69, 9.17) is 5.73 Å². The summed E-state index contributed by atoms with van der Waals surface area (Å²) in [6.07, 6.45) is 0. The van der Waals surface area contributed by atoms with Crippen molar-refractivity contribution in [3.05, 3.63) is 35.9 Å². The van der Waals surface area contributed by atoms with Gasteiger partial charge in [-0.25, -0.2) is 8.42 Å². The van der Waals surface area contributed by atoms with Crippen molar-refractivity contribution in [3.8, 4) is 0 Å². The first-order valence-corrected chi connectivity index (χ1v) is 9.23. The molecule has 22 heavy (non-hydrogen) atoms. The van der Waals surface area contributed by atoms with E-state index in [1.54, 1.807) is 37.3 Å². The topological polar surface area (TPSA) is 104 Å². The fraction of sp³-hybridized carbons (Fsp3) is 0.429. The lowest BCUT2D eigenvalue weighted by molar-refractivity contribution is -0.141. The van der Waals surface area contributed by atoms with Crippen molar-refractivity contribution < 1.29 is 22.7 Å². The van der Waals surface area contributed by atoms with E-state index in [0.717, 1.165) is 11.8 Å². The second-order valence-corrected chi connectivity index (χ2v) is 8.07. The number of carbonyl (C=O) groups excluding carboxylic acids is 2. The van der Waals surface area contributed by atoms with Crippen molar-refractivity contribution in [2.45, 2.75) is 18.2 Å². The van der Waals surface area contributed by atoms with E-state index in [0.29, 0.717) is 5.56 Å². The molecule has 0 saturated carbocycles. The molecule has 0 aliphatic carbocycles. The highest BCUT2D eigenvalue weighted by atomic mass is 32.2. The first-order valence-electron chi connectivity index (χ1n) is 6.53. The van der Waals surface area contributed by atoms with Crippen LogP contribution in [0.3, 0.4) is 0 Å². The molecule has 0 aliphatic rings. The SMILES string of the molecule is COC(=O)C(N)CSC(=O)CS(=O)(=O)C(C)c1ccccc1. The van der Waals surface area contributed by atoms with E-state index >= 15 is 0 Å². The number of carbonyl (C=O) groups is 2. The van der Waals surface area contributed by atoms with Crippen LogP contribution in [0.4, 0.5) is 0 Å². The largest absolute Gasteiger partial charge is 0.468 e. The molecule has 0 bridgehead atoms. The Hall–Kier alpha value is -1.38. The van der Waals surface area contributed by atoms with Crippen LogP contribution in [0.25, 0.3) is 0 Å². The molecular formula is C14H19NO5S2. The van der Waals surface area contributed by atoms with Gasteiger partial charge in [-0.2, -0.15) is 0 Å². The summed E-state index contributed by atoms with van der Waals surface area (Å²) in [5.74, 6) is -1.25. The number of ether oxygens (including phenoxy) is 1. The predicted octanol–water partition coefficient (Wildman–Crippen LogP) is 0.923. The molecule has 122 valence electrons. The Labute approximate surface area is 134 Å². The third-order valence-corrected chi connectivity index (χ3v) is 6.24. The van der Waals surface area contributed by atoms with Crippen LogP contribution in [-0.2, 0) is 24.2 Å². The lowest BCUT2D eigenvalue weighted by Gasteiger charge is -2.13. The molecule has 0 fully saturated rings. The first kappa shape index (κ1) is 18.7. The Morgan fingerprint density at radius 2 is 1.86 bits per heavy atom. The zero-order valence-corrected chi connectivity index (χ0v) is 14.0. The lowest BCUT2D eigenvalue weighted by atomic mass is 10.2. The summed E-state index contributed by atoms with van der Waals surface area (Å²) in [5.41, 5.74) is 6.12. The lowest BCUT2D eigenvalue weighted by Crippen LogP contribution is -2.34. The summed E-state index contributed by atoms with van der Waals surface area (Å²) in [7, 11) is -2.42. The van der Waals surface area contributed by atoms with E-state index in [1.807, 2.05) is 0 Å². The summed E-state index contributed by atoms with van der Waals surface area (Å²) in [6.45, 7) is 1.54. The number of hydrogen-bond donors (Lipinski definition) is 1. The molecule has 0 radical (unpaired) electrons. The van der Waals surface area contributed by atoms with Crippen molar-refractivity contribution in [2.24, 2.45) is 5.73 Å². The van der Waals surface area contributed by atoms with Crippen molar-refractivity contribution in [1.29, 1.82) is 0 Å². The highest BCUT2D eigenvalue weighted by molar-refractivity contribution is 8.15. The molecule has 1 rings (SSSR count). The average Bonchev–Trinajstić information content (AvgIpc) is 2.51. The van der Waals surface area contributed by atoms with Gasteiger partial charge in [0, 0.05) is 5.75 Å². The molecule has 2 atom stereocenters. The number of nitrogens with two attached hydrogens (primary N) is 1. The normalized spacial score (nSPS) is 14.1. The van der Waals surface area contributed by atoms with Crippen LogP contribution in [0.2, 0.25) is 0 Å². The standard InChI is InChI=1S/C14H19NO5S2/c1-10(11-6-4-3-5-7-11)22(18,19)9-13(16)21-8-12(15)14(17)20-2/h3-7,10,12H,8-9,15H2,1-2H3. The highest BCUT2D eigenvalue weighted by Gasteiger charge is 2.26. The monoisotopic (exact) mass is 345 g/mol. The zero-order valence-electron chi connectivity index (χ0n) is 12.4. The van der Waals surface area contributed by atoms with Crippen LogP contribution in [0.15, 0.2) is 30.3 Å². The minimum atomic E-state index is -3.61. The van der Waals surface area contributed by atoms with Gasteiger partial charge in [0.25, 0.3) is 0 Å². The minimum absolute atomic E-state index is 0.0132. The van der Waals surface area contributed by atoms with Gasteiger partial charge in [0.1, 0.15) is 11.8 Å².